The minimum Gasteiger partial charge on any atom is -0.493 e. The Hall–Kier alpha value is -1.26. The Kier molecular flexibility index (Phi) is 6.33. The number of hydrogen-bond acceptors (Lipinski definition) is 4. The lowest BCUT2D eigenvalue weighted by molar-refractivity contribution is 0.00866. The average Bonchev–Trinajstić information content (AvgIpc) is 2.56. The van der Waals surface area contributed by atoms with Gasteiger partial charge in [-0.25, -0.2) is 0 Å². The fraction of sp³-hybridized carbons (Fsp3) is 0.647. The van der Waals surface area contributed by atoms with Gasteiger partial charge in [0, 0.05) is 12.6 Å². The van der Waals surface area contributed by atoms with Crippen molar-refractivity contribution in [1.29, 1.82) is 0 Å². The van der Waals surface area contributed by atoms with Gasteiger partial charge in [-0.15, -0.1) is 0 Å². The van der Waals surface area contributed by atoms with Crippen molar-refractivity contribution in [3.8, 4) is 11.5 Å². The van der Waals surface area contributed by atoms with Gasteiger partial charge in [0.15, 0.2) is 11.5 Å². The molecule has 0 aliphatic carbocycles. The Morgan fingerprint density at radius 1 is 1.24 bits per heavy atom. The van der Waals surface area contributed by atoms with Crippen LogP contribution in [0.15, 0.2) is 18.2 Å². The minimum atomic E-state index is 0.315. The third-order valence-electron chi connectivity index (χ3n) is 4.21. The molecule has 1 fully saturated rings. The largest absolute Gasteiger partial charge is 0.493 e. The molecular formula is C17H27NO3. The summed E-state index contributed by atoms with van der Waals surface area (Å²) in [5.74, 6) is 1.55. The fourth-order valence-electron chi connectivity index (χ4n) is 2.93. The highest BCUT2D eigenvalue weighted by molar-refractivity contribution is 5.43. The monoisotopic (exact) mass is 293 g/mol. The lowest BCUT2D eigenvalue weighted by atomic mass is 9.97. The predicted octanol–water partition coefficient (Wildman–Crippen LogP) is 3.31. The van der Waals surface area contributed by atoms with E-state index in [1.165, 1.54) is 24.8 Å². The van der Waals surface area contributed by atoms with E-state index in [1.807, 2.05) is 13.1 Å². The summed E-state index contributed by atoms with van der Waals surface area (Å²) in [5.41, 5.74) is 1.23. The SMILES string of the molecule is CNC(CCC1CCCCO1)c1ccc(OC)c(OC)c1. The Balaban J connectivity index is 1.99. The van der Waals surface area contributed by atoms with E-state index in [0.29, 0.717) is 12.1 Å². The van der Waals surface area contributed by atoms with Gasteiger partial charge in [-0.2, -0.15) is 0 Å². The molecule has 1 aliphatic heterocycles. The molecule has 0 spiro atoms. The van der Waals surface area contributed by atoms with E-state index < -0.39 is 0 Å². The molecule has 1 aromatic rings. The van der Waals surface area contributed by atoms with Crippen LogP contribution < -0.4 is 14.8 Å². The van der Waals surface area contributed by atoms with Crippen LogP contribution in [0.1, 0.15) is 43.7 Å². The van der Waals surface area contributed by atoms with E-state index >= 15 is 0 Å². The summed E-state index contributed by atoms with van der Waals surface area (Å²) in [4.78, 5) is 0. The van der Waals surface area contributed by atoms with E-state index in [-0.39, 0.29) is 0 Å². The van der Waals surface area contributed by atoms with Gasteiger partial charge in [0.05, 0.1) is 20.3 Å². The molecule has 0 saturated carbocycles. The second-order valence-corrected chi connectivity index (χ2v) is 5.52. The lowest BCUT2D eigenvalue weighted by Crippen LogP contribution is -2.23. The van der Waals surface area contributed by atoms with Crippen LogP contribution >= 0.6 is 0 Å². The van der Waals surface area contributed by atoms with Crippen molar-refractivity contribution in [2.45, 2.75) is 44.2 Å². The molecule has 1 heterocycles. The van der Waals surface area contributed by atoms with Gasteiger partial charge in [0.25, 0.3) is 0 Å². The standard InChI is InChI=1S/C17H27NO3/c1-18-15(9-8-14-6-4-5-11-21-14)13-7-10-16(19-2)17(12-13)20-3/h7,10,12,14-15,18H,4-6,8-9,11H2,1-3H3. The quantitative estimate of drug-likeness (QED) is 0.837. The van der Waals surface area contributed by atoms with Crippen LogP contribution in [0.3, 0.4) is 0 Å². The maximum atomic E-state index is 5.82. The molecule has 1 N–H and O–H groups in total. The maximum absolute atomic E-state index is 5.82. The zero-order valence-electron chi connectivity index (χ0n) is 13.4. The smallest absolute Gasteiger partial charge is 0.161 e. The highest BCUT2D eigenvalue weighted by atomic mass is 16.5. The third-order valence-corrected chi connectivity index (χ3v) is 4.21. The van der Waals surface area contributed by atoms with Crippen molar-refractivity contribution < 1.29 is 14.2 Å². The van der Waals surface area contributed by atoms with Crippen LogP contribution in [0.25, 0.3) is 0 Å². The summed E-state index contributed by atoms with van der Waals surface area (Å²) in [6.07, 6.45) is 6.29. The summed E-state index contributed by atoms with van der Waals surface area (Å²) >= 11 is 0. The first-order chi connectivity index (χ1) is 10.3. The first kappa shape index (κ1) is 16.1. The average molecular weight is 293 g/mol. The van der Waals surface area contributed by atoms with Gasteiger partial charge < -0.3 is 19.5 Å². The van der Waals surface area contributed by atoms with E-state index in [9.17, 15) is 0 Å². The first-order valence-electron chi connectivity index (χ1n) is 7.79. The topological polar surface area (TPSA) is 39.7 Å². The molecule has 2 rings (SSSR count). The van der Waals surface area contributed by atoms with Gasteiger partial charge in [0.2, 0.25) is 0 Å². The zero-order valence-corrected chi connectivity index (χ0v) is 13.4. The number of rotatable bonds is 7. The molecule has 2 unspecified atom stereocenters. The maximum Gasteiger partial charge on any atom is 0.161 e. The van der Waals surface area contributed by atoms with Crippen molar-refractivity contribution in [3.05, 3.63) is 23.8 Å². The molecule has 0 bridgehead atoms. The number of ether oxygens (including phenoxy) is 3. The molecule has 118 valence electrons. The lowest BCUT2D eigenvalue weighted by Gasteiger charge is -2.25. The molecule has 1 saturated heterocycles. The highest BCUT2D eigenvalue weighted by Gasteiger charge is 2.18. The van der Waals surface area contributed by atoms with Crippen molar-refractivity contribution in [2.75, 3.05) is 27.9 Å². The molecule has 0 amide bonds. The van der Waals surface area contributed by atoms with Gasteiger partial charge in [0.1, 0.15) is 0 Å². The van der Waals surface area contributed by atoms with Gasteiger partial charge in [-0.3, -0.25) is 0 Å². The van der Waals surface area contributed by atoms with Crippen molar-refractivity contribution in [2.24, 2.45) is 0 Å². The minimum absolute atomic E-state index is 0.315. The molecule has 21 heavy (non-hydrogen) atoms. The van der Waals surface area contributed by atoms with Gasteiger partial charge in [-0.1, -0.05) is 6.07 Å². The normalized spacial score (nSPS) is 20.0. The Bertz CT molecular complexity index is 430. The van der Waals surface area contributed by atoms with Gasteiger partial charge >= 0.3 is 0 Å². The molecule has 2 atom stereocenters. The third kappa shape index (κ3) is 4.35. The summed E-state index contributed by atoms with van der Waals surface area (Å²) in [5, 5.41) is 3.39. The molecule has 4 nitrogen and oxygen atoms in total. The van der Waals surface area contributed by atoms with E-state index in [1.54, 1.807) is 14.2 Å². The van der Waals surface area contributed by atoms with Crippen LogP contribution in [0.5, 0.6) is 11.5 Å². The zero-order chi connectivity index (χ0) is 15.1. The molecule has 4 heteroatoms. The predicted molar refractivity (Wildman–Crippen MR) is 84.2 cm³/mol. The Morgan fingerprint density at radius 2 is 2.05 bits per heavy atom. The second kappa shape index (κ2) is 8.25. The summed E-state index contributed by atoms with van der Waals surface area (Å²) in [7, 11) is 5.34. The van der Waals surface area contributed by atoms with E-state index in [0.717, 1.165) is 30.9 Å². The summed E-state index contributed by atoms with van der Waals surface area (Å²) < 4.78 is 16.5. The first-order valence-corrected chi connectivity index (χ1v) is 7.79. The fourth-order valence-corrected chi connectivity index (χ4v) is 2.93. The van der Waals surface area contributed by atoms with Crippen LogP contribution in [-0.4, -0.2) is 34.0 Å². The van der Waals surface area contributed by atoms with Crippen LogP contribution in [0.2, 0.25) is 0 Å². The number of methoxy groups -OCH3 is 2. The van der Waals surface area contributed by atoms with Crippen molar-refractivity contribution >= 4 is 0 Å². The Morgan fingerprint density at radius 3 is 2.67 bits per heavy atom. The number of nitrogens with one attached hydrogen (secondary N) is 1. The molecule has 0 aromatic heterocycles. The van der Waals surface area contributed by atoms with E-state index in [4.69, 9.17) is 14.2 Å². The number of hydrogen-bond donors (Lipinski definition) is 1. The van der Waals surface area contributed by atoms with E-state index in [2.05, 4.69) is 17.4 Å². The van der Waals surface area contributed by atoms with Crippen LogP contribution in [0.4, 0.5) is 0 Å². The Labute approximate surface area is 127 Å². The summed E-state index contributed by atoms with van der Waals surface area (Å²) in [6.45, 7) is 0.922. The summed E-state index contributed by atoms with van der Waals surface area (Å²) in [6, 6.07) is 6.44. The van der Waals surface area contributed by atoms with Crippen molar-refractivity contribution in [1.82, 2.24) is 5.32 Å². The highest BCUT2D eigenvalue weighted by Crippen LogP contribution is 2.32. The van der Waals surface area contributed by atoms with Crippen molar-refractivity contribution in [3.63, 3.8) is 0 Å². The van der Waals surface area contributed by atoms with Crippen LogP contribution in [-0.2, 0) is 4.74 Å². The molecule has 1 aliphatic rings. The van der Waals surface area contributed by atoms with Crippen LogP contribution in [0, 0.1) is 0 Å². The molecule has 0 radical (unpaired) electrons. The van der Waals surface area contributed by atoms with Gasteiger partial charge in [-0.05, 0) is 56.8 Å². The second-order valence-electron chi connectivity index (χ2n) is 5.52. The molecular weight excluding hydrogens is 266 g/mol. The number of benzene rings is 1. The molecule has 1 aromatic carbocycles.